The van der Waals surface area contributed by atoms with Gasteiger partial charge in [-0.05, 0) is 63.1 Å². The first-order valence-electron chi connectivity index (χ1n) is 12.1. The maximum absolute atomic E-state index is 13.1. The maximum atomic E-state index is 13.1. The van der Waals surface area contributed by atoms with Gasteiger partial charge in [0, 0.05) is 44.4 Å². The highest BCUT2D eigenvalue weighted by Gasteiger charge is 2.28. The molecule has 2 heterocycles. The summed E-state index contributed by atoms with van der Waals surface area (Å²) in [6, 6.07) is 8.59. The summed E-state index contributed by atoms with van der Waals surface area (Å²) in [6.07, 6.45) is 11.2. The zero-order valence-electron chi connectivity index (χ0n) is 18.6. The van der Waals surface area contributed by atoms with Crippen LogP contribution in [0.2, 0.25) is 0 Å². The number of rotatable bonds is 7. The van der Waals surface area contributed by atoms with Gasteiger partial charge in [-0.15, -0.1) is 0 Å². The molecule has 3 aliphatic rings. The third kappa shape index (κ3) is 5.55. The van der Waals surface area contributed by atoms with Crippen molar-refractivity contribution in [3.05, 3.63) is 29.8 Å². The van der Waals surface area contributed by atoms with E-state index in [0.717, 1.165) is 75.7 Å². The molecule has 1 saturated carbocycles. The molecule has 3 fully saturated rings. The predicted octanol–water partition coefficient (Wildman–Crippen LogP) is 4.50. The molecule has 1 aliphatic carbocycles. The molecule has 1 amide bonds. The molecule has 0 N–H and O–H groups in total. The fourth-order valence-corrected chi connectivity index (χ4v) is 5.25. The van der Waals surface area contributed by atoms with Crippen LogP contribution in [0.15, 0.2) is 24.3 Å². The lowest BCUT2D eigenvalue weighted by atomic mass is 10.0. The van der Waals surface area contributed by atoms with Crippen molar-refractivity contribution in [3.8, 4) is 5.75 Å². The van der Waals surface area contributed by atoms with Crippen LogP contribution in [0, 0.1) is 0 Å². The molecule has 1 aromatic carbocycles. The van der Waals surface area contributed by atoms with Gasteiger partial charge in [-0.3, -0.25) is 4.79 Å². The number of likely N-dealkylation sites (tertiary alicyclic amines) is 2. The van der Waals surface area contributed by atoms with Gasteiger partial charge in [0.15, 0.2) is 0 Å². The van der Waals surface area contributed by atoms with Gasteiger partial charge in [-0.2, -0.15) is 0 Å². The second kappa shape index (κ2) is 10.6. The van der Waals surface area contributed by atoms with Gasteiger partial charge in [0.1, 0.15) is 11.9 Å². The summed E-state index contributed by atoms with van der Waals surface area (Å²) < 4.78 is 12.2. The minimum absolute atomic E-state index is 0.0984. The summed E-state index contributed by atoms with van der Waals surface area (Å²) in [4.78, 5) is 17.7. The lowest BCUT2D eigenvalue weighted by molar-refractivity contribution is 0.00209. The SMILES string of the molecule is CCCOC1CCCN(C(=O)c2cccc(OC3CCN(C4CCCC4)CC3)c2)C1. The lowest BCUT2D eigenvalue weighted by Gasteiger charge is -2.36. The standard InChI is InChI=1S/C25H38N2O3/c1-2-17-29-24-11-6-14-27(19-24)25(28)20-7-5-10-23(18-20)30-22-12-15-26(16-13-22)21-8-3-4-9-21/h5,7,10,18,21-22,24H,2-4,6,8-9,11-17,19H2,1H3. The number of amides is 1. The van der Waals surface area contributed by atoms with Crippen LogP contribution >= 0.6 is 0 Å². The van der Waals surface area contributed by atoms with Crippen molar-refractivity contribution in [2.45, 2.75) is 83.0 Å². The molecule has 5 nitrogen and oxygen atoms in total. The van der Waals surface area contributed by atoms with Gasteiger partial charge in [0.25, 0.3) is 5.91 Å². The lowest BCUT2D eigenvalue weighted by Crippen LogP contribution is -2.43. The first-order chi connectivity index (χ1) is 14.7. The number of carbonyl (C=O) groups is 1. The Hall–Kier alpha value is -1.59. The van der Waals surface area contributed by atoms with E-state index in [2.05, 4.69) is 11.8 Å². The molecular weight excluding hydrogens is 376 g/mol. The monoisotopic (exact) mass is 414 g/mol. The molecule has 4 rings (SSSR count). The summed E-state index contributed by atoms with van der Waals surface area (Å²) in [5, 5.41) is 0. The molecule has 2 saturated heterocycles. The van der Waals surface area contributed by atoms with Gasteiger partial charge >= 0.3 is 0 Å². The molecule has 1 atom stereocenters. The number of nitrogens with zero attached hydrogens (tertiary/aromatic N) is 2. The van der Waals surface area contributed by atoms with E-state index in [0.29, 0.717) is 6.54 Å². The summed E-state index contributed by atoms with van der Waals surface area (Å²) in [5.74, 6) is 0.928. The Balaban J connectivity index is 1.30. The molecule has 0 radical (unpaired) electrons. The van der Waals surface area contributed by atoms with E-state index in [9.17, 15) is 4.79 Å². The van der Waals surface area contributed by atoms with Gasteiger partial charge in [-0.1, -0.05) is 25.8 Å². The molecule has 1 unspecified atom stereocenters. The van der Waals surface area contributed by atoms with Crippen LogP contribution in [-0.4, -0.2) is 66.7 Å². The fourth-order valence-electron chi connectivity index (χ4n) is 5.25. The second-order valence-corrected chi connectivity index (χ2v) is 9.21. The highest BCUT2D eigenvalue weighted by Crippen LogP contribution is 2.28. The van der Waals surface area contributed by atoms with Crippen LogP contribution in [0.5, 0.6) is 5.75 Å². The molecule has 166 valence electrons. The number of carbonyl (C=O) groups excluding carboxylic acids is 1. The van der Waals surface area contributed by atoms with E-state index in [-0.39, 0.29) is 18.1 Å². The molecular formula is C25H38N2O3. The van der Waals surface area contributed by atoms with Crippen molar-refractivity contribution in [1.82, 2.24) is 9.80 Å². The average molecular weight is 415 g/mol. The number of piperidine rings is 2. The van der Waals surface area contributed by atoms with Crippen LogP contribution in [0.1, 0.15) is 75.1 Å². The van der Waals surface area contributed by atoms with E-state index in [1.165, 1.54) is 25.7 Å². The Morgan fingerprint density at radius 3 is 2.57 bits per heavy atom. The van der Waals surface area contributed by atoms with Crippen molar-refractivity contribution in [1.29, 1.82) is 0 Å². The second-order valence-electron chi connectivity index (χ2n) is 9.21. The average Bonchev–Trinajstić information content (AvgIpc) is 3.33. The van der Waals surface area contributed by atoms with Crippen molar-refractivity contribution in [2.75, 3.05) is 32.8 Å². The fraction of sp³-hybridized carbons (Fsp3) is 0.720. The minimum atomic E-state index is 0.0984. The summed E-state index contributed by atoms with van der Waals surface area (Å²) in [6.45, 7) is 6.69. The van der Waals surface area contributed by atoms with E-state index < -0.39 is 0 Å². The zero-order valence-corrected chi connectivity index (χ0v) is 18.6. The smallest absolute Gasteiger partial charge is 0.254 e. The van der Waals surface area contributed by atoms with E-state index in [1.54, 1.807) is 0 Å². The van der Waals surface area contributed by atoms with Crippen molar-refractivity contribution >= 4 is 5.91 Å². The molecule has 30 heavy (non-hydrogen) atoms. The largest absolute Gasteiger partial charge is 0.490 e. The van der Waals surface area contributed by atoms with Crippen molar-refractivity contribution < 1.29 is 14.3 Å². The van der Waals surface area contributed by atoms with Gasteiger partial charge in [0.2, 0.25) is 0 Å². The Morgan fingerprint density at radius 2 is 1.80 bits per heavy atom. The van der Waals surface area contributed by atoms with Crippen LogP contribution in [0.3, 0.4) is 0 Å². The van der Waals surface area contributed by atoms with Crippen LogP contribution in [0.4, 0.5) is 0 Å². The van der Waals surface area contributed by atoms with Crippen LogP contribution < -0.4 is 4.74 Å². The Kier molecular flexibility index (Phi) is 7.67. The zero-order chi connectivity index (χ0) is 20.8. The maximum Gasteiger partial charge on any atom is 0.254 e. The van der Waals surface area contributed by atoms with Crippen molar-refractivity contribution in [2.24, 2.45) is 0 Å². The Bertz CT molecular complexity index is 681. The first-order valence-corrected chi connectivity index (χ1v) is 12.1. The number of benzene rings is 1. The quantitative estimate of drug-likeness (QED) is 0.659. The Labute approximate surface area is 181 Å². The van der Waals surface area contributed by atoms with Gasteiger partial charge in [-0.25, -0.2) is 0 Å². The third-order valence-corrected chi connectivity index (χ3v) is 6.92. The molecule has 0 aromatic heterocycles. The molecule has 0 bridgehead atoms. The summed E-state index contributed by atoms with van der Waals surface area (Å²) >= 11 is 0. The molecule has 2 aliphatic heterocycles. The third-order valence-electron chi connectivity index (χ3n) is 6.92. The number of ether oxygens (including phenoxy) is 2. The van der Waals surface area contributed by atoms with Gasteiger partial charge < -0.3 is 19.3 Å². The first kappa shape index (κ1) is 21.6. The number of hydrogen-bond donors (Lipinski definition) is 0. The summed E-state index contributed by atoms with van der Waals surface area (Å²) in [5.41, 5.74) is 0.729. The minimum Gasteiger partial charge on any atom is -0.490 e. The number of hydrogen-bond acceptors (Lipinski definition) is 4. The molecule has 1 aromatic rings. The van der Waals surface area contributed by atoms with E-state index in [1.807, 2.05) is 29.2 Å². The van der Waals surface area contributed by atoms with Crippen LogP contribution in [0.25, 0.3) is 0 Å². The predicted molar refractivity (Wildman–Crippen MR) is 119 cm³/mol. The topological polar surface area (TPSA) is 42.0 Å². The highest BCUT2D eigenvalue weighted by atomic mass is 16.5. The van der Waals surface area contributed by atoms with Crippen LogP contribution in [-0.2, 0) is 4.74 Å². The highest BCUT2D eigenvalue weighted by molar-refractivity contribution is 5.94. The van der Waals surface area contributed by atoms with Crippen molar-refractivity contribution in [3.63, 3.8) is 0 Å². The Morgan fingerprint density at radius 1 is 1.00 bits per heavy atom. The van der Waals surface area contributed by atoms with E-state index >= 15 is 0 Å². The normalized spacial score (nSPS) is 24.3. The molecule has 5 heteroatoms. The van der Waals surface area contributed by atoms with E-state index in [4.69, 9.17) is 9.47 Å². The molecule has 0 spiro atoms. The van der Waals surface area contributed by atoms with Gasteiger partial charge in [0.05, 0.1) is 6.10 Å². The summed E-state index contributed by atoms with van der Waals surface area (Å²) in [7, 11) is 0.